The van der Waals surface area contributed by atoms with Gasteiger partial charge < -0.3 is 4.42 Å². The molecule has 118 valence electrons. The smallest absolute Gasteiger partial charge is 0.182 e. The van der Waals surface area contributed by atoms with Crippen molar-refractivity contribution in [3.63, 3.8) is 0 Å². The topological polar surface area (TPSA) is 73.1 Å². The molecule has 0 bridgehead atoms. The summed E-state index contributed by atoms with van der Waals surface area (Å²) in [5.74, 6) is 1.13. The fourth-order valence-electron chi connectivity index (χ4n) is 2.80. The van der Waals surface area contributed by atoms with Crippen LogP contribution < -0.4 is 0 Å². The number of hydrogen-bond donors (Lipinski definition) is 0. The van der Waals surface area contributed by atoms with Crippen LogP contribution in [0.1, 0.15) is 18.0 Å². The highest BCUT2D eigenvalue weighted by Gasteiger charge is 2.31. The molecule has 1 atom stereocenters. The Kier molecular flexibility index (Phi) is 3.54. The van der Waals surface area contributed by atoms with E-state index in [2.05, 4.69) is 9.97 Å². The van der Waals surface area contributed by atoms with E-state index in [0.29, 0.717) is 17.9 Å². The molecular weight excluding hydrogens is 332 g/mol. The molecule has 0 spiro atoms. The summed E-state index contributed by atoms with van der Waals surface area (Å²) in [6.45, 7) is 0. The molecule has 3 heterocycles. The lowest BCUT2D eigenvalue weighted by molar-refractivity contribution is 0.572. The summed E-state index contributed by atoms with van der Waals surface area (Å²) >= 11 is 1.47. The van der Waals surface area contributed by atoms with Gasteiger partial charge in [0.1, 0.15) is 10.7 Å². The first-order valence-electron chi connectivity index (χ1n) is 7.27. The normalized spacial score (nSPS) is 19.9. The van der Waals surface area contributed by atoms with Gasteiger partial charge in [0.25, 0.3) is 0 Å². The van der Waals surface area contributed by atoms with Crippen molar-refractivity contribution >= 4 is 21.2 Å². The minimum Gasteiger partial charge on any atom is -0.443 e. The minimum absolute atomic E-state index is 0.00271. The molecule has 1 saturated heterocycles. The highest BCUT2D eigenvalue weighted by Crippen LogP contribution is 2.36. The fraction of sp³-hybridized carbons (Fsp3) is 0.250. The summed E-state index contributed by atoms with van der Waals surface area (Å²) in [6, 6.07) is 9.75. The Hall–Kier alpha value is -1.99. The molecule has 1 aliphatic heterocycles. The van der Waals surface area contributed by atoms with E-state index in [9.17, 15) is 8.42 Å². The highest BCUT2D eigenvalue weighted by atomic mass is 32.2. The van der Waals surface area contributed by atoms with E-state index in [1.54, 1.807) is 0 Å². The molecule has 1 aliphatic rings. The first-order valence-corrected chi connectivity index (χ1v) is 9.97. The predicted octanol–water partition coefficient (Wildman–Crippen LogP) is 3.37. The first-order chi connectivity index (χ1) is 11.1. The summed E-state index contributed by atoms with van der Waals surface area (Å²) in [4.78, 5) is 8.91. The Balaban J connectivity index is 1.67. The van der Waals surface area contributed by atoms with Crippen LogP contribution in [0.5, 0.6) is 0 Å². The van der Waals surface area contributed by atoms with Gasteiger partial charge in [-0.2, -0.15) is 0 Å². The van der Waals surface area contributed by atoms with E-state index in [0.717, 1.165) is 16.3 Å². The zero-order valence-electron chi connectivity index (χ0n) is 12.2. The number of oxazole rings is 1. The molecule has 0 N–H and O–H groups in total. The van der Waals surface area contributed by atoms with Crippen molar-refractivity contribution in [2.24, 2.45) is 0 Å². The van der Waals surface area contributed by atoms with Crippen LogP contribution in [-0.2, 0) is 9.84 Å². The number of benzene rings is 1. The van der Waals surface area contributed by atoms with E-state index in [4.69, 9.17) is 4.42 Å². The average molecular weight is 346 g/mol. The van der Waals surface area contributed by atoms with E-state index in [1.807, 2.05) is 35.7 Å². The zero-order valence-corrected chi connectivity index (χ0v) is 13.8. The van der Waals surface area contributed by atoms with Gasteiger partial charge in [0.2, 0.25) is 0 Å². The van der Waals surface area contributed by atoms with Gasteiger partial charge >= 0.3 is 0 Å². The summed E-state index contributed by atoms with van der Waals surface area (Å²) < 4.78 is 28.8. The molecule has 23 heavy (non-hydrogen) atoms. The van der Waals surface area contributed by atoms with Crippen molar-refractivity contribution in [3.8, 4) is 22.0 Å². The van der Waals surface area contributed by atoms with Gasteiger partial charge in [0.05, 0.1) is 17.2 Å². The summed E-state index contributed by atoms with van der Waals surface area (Å²) in [5.41, 5.74) is 2.49. The van der Waals surface area contributed by atoms with Gasteiger partial charge in [0.15, 0.2) is 22.0 Å². The van der Waals surface area contributed by atoms with Gasteiger partial charge in [-0.05, 0) is 6.42 Å². The van der Waals surface area contributed by atoms with E-state index in [-0.39, 0.29) is 17.4 Å². The maximum Gasteiger partial charge on any atom is 0.182 e. The predicted molar refractivity (Wildman–Crippen MR) is 89.1 cm³/mol. The second-order valence-corrected chi connectivity index (χ2v) is 8.66. The molecule has 2 aromatic heterocycles. The van der Waals surface area contributed by atoms with Crippen molar-refractivity contribution in [1.29, 1.82) is 0 Å². The lowest BCUT2D eigenvalue weighted by Crippen LogP contribution is -2.04. The zero-order chi connectivity index (χ0) is 15.9. The molecule has 4 rings (SSSR count). The molecule has 0 amide bonds. The summed E-state index contributed by atoms with van der Waals surface area (Å²) in [5, 5.41) is 2.70. The summed E-state index contributed by atoms with van der Waals surface area (Å²) in [6.07, 6.45) is 2.06. The molecular formula is C16H14N2O3S2. The van der Waals surface area contributed by atoms with Crippen LogP contribution in [0.4, 0.5) is 0 Å². The molecule has 3 aromatic rings. The van der Waals surface area contributed by atoms with Crippen LogP contribution in [0.2, 0.25) is 0 Å². The van der Waals surface area contributed by atoms with Gasteiger partial charge in [-0.25, -0.2) is 18.4 Å². The van der Waals surface area contributed by atoms with E-state index >= 15 is 0 Å². The molecule has 1 aromatic carbocycles. The molecule has 1 unspecified atom stereocenters. The Bertz CT molecular complexity index is 929. The number of hydrogen-bond acceptors (Lipinski definition) is 6. The van der Waals surface area contributed by atoms with Gasteiger partial charge in [-0.1, -0.05) is 30.3 Å². The van der Waals surface area contributed by atoms with Crippen LogP contribution in [0.3, 0.4) is 0 Å². The van der Waals surface area contributed by atoms with Gasteiger partial charge in [-0.15, -0.1) is 11.3 Å². The second kappa shape index (κ2) is 5.58. The second-order valence-electron chi connectivity index (χ2n) is 5.57. The maximum absolute atomic E-state index is 11.6. The van der Waals surface area contributed by atoms with Crippen molar-refractivity contribution < 1.29 is 12.8 Å². The Labute approximate surface area is 137 Å². The van der Waals surface area contributed by atoms with Crippen molar-refractivity contribution in [2.75, 3.05) is 11.5 Å². The average Bonchev–Trinajstić information content (AvgIpc) is 3.25. The first kappa shape index (κ1) is 14.6. The van der Waals surface area contributed by atoms with Gasteiger partial charge in [0, 0.05) is 16.9 Å². The number of aromatic nitrogens is 2. The molecule has 0 radical (unpaired) electrons. The molecule has 7 heteroatoms. The van der Waals surface area contributed by atoms with Crippen molar-refractivity contribution in [1.82, 2.24) is 9.97 Å². The van der Waals surface area contributed by atoms with Crippen molar-refractivity contribution in [3.05, 3.63) is 47.8 Å². The standard InChI is InChI=1S/C16H14N2O3S2/c19-23(20)7-6-12(9-23)13-8-22-16(18-13)14-15(21-10-17-14)11-4-2-1-3-5-11/h1-5,8,10,12H,6-7,9H2. The number of rotatable bonds is 3. The largest absolute Gasteiger partial charge is 0.443 e. The summed E-state index contributed by atoms with van der Waals surface area (Å²) in [7, 11) is -2.91. The quantitative estimate of drug-likeness (QED) is 0.727. The van der Waals surface area contributed by atoms with Crippen LogP contribution in [0, 0.1) is 0 Å². The molecule has 1 fully saturated rings. The fourth-order valence-corrected chi connectivity index (χ4v) is 5.46. The van der Waals surface area contributed by atoms with Gasteiger partial charge in [-0.3, -0.25) is 0 Å². The maximum atomic E-state index is 11.6. The molecule has 0 aliphatic carbocycles. The van der Waals surface area contributed by atoms with Crippen LogP contribution in [-0.4, -0.2) is 29.9 Å². The highest BCUT2D eigenvalue weighted by molar-refractivity contribution is 7.91. The SMILES string of the molecule is O=S1(=O)CCC(c2csc(-c3ncoc3-c3ccccc3)n2)C1. The van der Waals surface area contributed by atoms with Crippen LogP contribution in [0.15, 0.2) is 46.5 Å². The number of thiazole rings is 1. The van der Waals surface area contributed by atoms with E-state index in [1.165, 1.54) is 17.7 Å². The number of nitrogens with zero attached hydrogens (tertiary/aromatic N) is 2. The van der Waals surface area contributed by atoms with Crippen LogP contribution >= 0.6 is 11.3 Å². The monoisotopic (exact) mass is 346 g/mol. The third-order valence-corrected chi connectivity index (χ3v) is 6.61. The van der Waals surface area contributed by atoms with E-state index < -0.39 is 9.84 Å². The Morgan fingerprint density at radius 1 is 1.22 bits per heavy atom. The number of sulfone groups is 1. The van der Waals surface area contributed by atoms with Crippen LogP contribution in [0.25, 0.3) is 22.0 Å². The lowest BCUT2D eigenvalue weighted by atomic mass is 10.1. The lowest BCUT2D eigenvalue weighted by Gasteiger charge is -2.02. The third kappa shape index (κ3) is 2.82. The minimum atomic E-state index is -2.91. The molecule has 0 saturated carbocycles. The molecule has 5 nitrogen and oxygen atoms in total. The third-order valence-electron chi connectivity index (χ3n) is 3.98. The van der Waals surface area contributed by atoms with Crippen molar-refractivity contribution in [2.45, 2.75) is 12.3 Å². The Morgan fingerprint density at radius 2 is 2.04 bits per heavy atom. The Morgan fingerprint density at radius 3 is 2.78 bits per heavy atom.